The number of allylic oxidation sites excluding steroid dienone is 2. The van der Waals surface area contributed by atoms with E-state index >= 15 is 0 Å². The number of nitrogens with zero attached hydrogens (tertiary/aromatic N) is 2. The summed E-state index contributed by atoms with van der Waals surface area (Å²) in [6.07, 6.45) is 2.37. The first-order valence-electron chi connectivity index (χ1n) is 12.2. The molecule has 0 fully saturated rings. The fourth-order valence-corrected chi connectivity index (χ4v) is 7.12. The molecule has 7 nitrogen and oxygen atoms in total. The first-order valence-corrected chi connectivity index (χ1v) is 13.7. The van der Waals surface area contributed by atoms with Crippen molar-refractivity contribution in [2.75, 3.05) is 5.01 Å². The molecule has 6 rings (SSSR count). The van der Waals surface area contributed by atoms with Gasteiger partial charge in [-0.2, -0.15) is 5.10 Å². The molecule has 0 aromatic heterocycles. The molecule has 4 aromatic rings. The van der Waals surface area contributed by atoms with Crippen LogP contribution in [-0.4, -0.2) is 11.2 Å². The maximum atomic E-state index is 7.50. The van der Waals surface area contributed by atoms with Crippen molar-refractivity contribution in [2.45, 2.75) is 5.78 Å². The molecule has 0 bridgehead atoms. The van der Waals surface area contributed by atoms with Crippen LogP contribution in [0.4, 0.5) is 5.69 Å². The van der Waals surface area contributed by atoms with Crippen molar-refractivity contribution in [2.24, 2.45) is 5.10 Å². The molecule has 2 aliphatic rings. The minimum absolute atomic E-state index is 0. The van der Waals surface area contributed by atoms with Crippen LogP contribution >= 0.6 is 7.92 Å². The third-order valence-corrected chi connectivity index (χ3v) is 8.49. The number of hydrogen-bond acceptors (Lipinski definition) is 2. The molecule has 44 heavy (non-hydrogen) atoms. The molecule has 0 spiro atoms. The summed E-state index contributed by atoms with van der Waals surface area (Å²) >= 11 is 0. The normalized spacial score (nSPS) is 14.8. The summed E-state index contributed by atoms with van der Waals surface area (Å²) in [5, 5.41) is 7.51. The number of rotatable bonds is 4. The summed E-state index contributed by atoms with van der Waals surface area (Å²) < 4.78 is 37.5. The predicted molar refractivity (Wildman–Crippen MR) is 161 cm³/mol. The largest absolute Gasteiger partial charge is 0 e. The molecule has 2 heterocycles. The second-order valence-corrected chi connectivity index (χ2v) is 10.2. The van der Waals surface area contributed by atoms with Gasteiger partial charge in [-0.25, -0.2) is 0 Å². The van der Waals surface area contributed by atoms with E-state index in [0.717, 1.165) is 5.69 Å². The Kier molecular flexibility index (Phi) is 20.9. The Balaban J connectivity index is 0.00000154. The quantitative estimate of drug-likeness (QED) is 0.119. The van der Waals surface area contributed by atoms with Crippen molar-refractivity contribution in [3.63, 3.8) is 0 Å². The Morgan fingerprint density at radius 3 is 1.36 bits per heavy atom. The zero-order valence-electron chi connectivity index (χ0n) is 23.1. The van der Waals surface area contributed by atoms with Crippen molar-refractivity contribution >= 4 is 30.2 Å². The fraction of sp³-hybridized carbons (Fsp3) is 0.0286. The fourth-order valence-electron chi connectivity index (χ4n) is 4.51. The molecule has 2 unspecified atom stereocenters. The topological polar surface area (TPSA) is 115 Å². The van der Waals surface area contributed by atoms with Crippen LogP contribution in [0.1, 0.15) is 16.7 Å². The van der Waals surface area contributed by atoms with Crippen LogP contribution in [0.3, 0.4) is 0 Å². The van der Waals surface area contributed by atoms with E-state index in [9.17, 15) is 0 Å². The van der Waals surface area contributed by atoms with E-state index in [2.05, 4.69) is 171 Å². The number of hydrogen-bond donors (Lipinski definition) is 0. The van der Waals surface area contributed by atoms with Gasteiger partial charge in [0.15, 0.2) is 0 Å². The second-order valence-electron chi connectivity index (χ2n) is 8.17. The molecule has 0 radical (unpaired) electrons. The molecule has 214 valence electrons. The predicted octanol–water partition coefficient (Wildman–Crippen LogP) is 7.62. The maximum Gasteiger partial charge on any atom is 0 e. The van der Waals surface area contributed by atoms with Crippen molar-refractivity contribution in [1.29, 1.82) is 0 Å². The van der Waals surface area contributed by atoms with Crippen LogP contribution in [0.25, 0.3) is 11.1 Å². The van der Waals surface area contributed by atoms with Gasteiger partial charge in [-0.3, -0.25) is 5.01 Å². The number of para-hydroxylation sites is 1. The summed E-state index contributed by atoms with van der Waals surface area (Å²) in [5.41, 5.74) is 8.59. The zero-order chi connectivity index (χ0) is 32.0. The Labute approximate surface area is 272 Å². The SMILES string of the molecule is C1=C(c2ccccc2)C=C(c2ccccc2)C2N(c3ccccc3)N=C(c3ccccc3)P12.[C-]#[O+].[C-]#[O+].[C-]#[O+].[C-]#[O+].[C-]#[O+].[W]. The van der Waals surface area contributed by atoms with E-state index < -0.39 is 7.92 Å². The van der Waals surface area contributed by atoms with Gasteiger partial charge in [0.2, 0.25) is 0 Å². The molecule has 0 saturated heterocycles. The van der Waals surface area contributed by atoms with Crippen molar-refractivity contribution in [3.05, 3.63) is 183 Å². The molecule has 9 heteroatoms. The summed E-state index contributed by atoms with van der Waals surface area (Å²) in [6, 6.07) is 42.7. The molecule has 2 atom stereocenters. The van der Waals surface area contributed by atoms with Crippen LogP contribution in [0.15, 0.2) is 138 Å². The van der Waals surface area contributed by atoms with Gasteiger partial charge >= 0.3 is 56.5 Å². The first-order chi connectivity index (χ1) is 21.4. The number of hydrazone groups is 1. The summed E-state index contributed by atoms with van der Waals surface area (Å²) in [5.74, 6) is 2.63. The van der Waals surface area contributed by atoms with E-state index in [1.807, 2.05) is 0 Å². The van der Waals surface area contributed by atoms with Crippen LogP contribution in [0, 0.1) is 33.3 Å². The molecule has 4 aromatic carbocycles. The summed E-state index contributed by atoms with van der Waals surface area (Å²) in [7, 11) is -0.703. The van der Waals surface area contributed by atoms with Gasteiger partial charge < -0.3 is 0 Å². The van der Waals surface area contributed by atoms with Crippen molar-refractivity contribution in [1.82, 2.24) is 0 Å². The first kappa shape index (κ1) is 39.6. The van der Waals surface area contributed by atoms with Gasteiger partial charge in [0.1, 0.15) is 5.78 Å². The van der Waals surface area contributed by atoms with Gasteiger partial charge in [0, 0.05) is 34.6 Å². The molecular formula is C35H23N2O5PW. The van der Waals surface area contributed by atoms with Gasteiger partial charge in [0.25, 0.3) is 0 Å². The standard InChI is InChI=1S/C30H23N2P.5CO.W/c1-5-13-23(14-6-1)26-21-28(24-15-7-2-8-16-24)30-32(27-19-11-4-12-20-27)31-29(33(30)22-26)25-17-9-3-10-18-25;5*1-2;/h1-22,30H;;;;;;. The number of anilines is 1. The minimum Gasteiger partial charge on any atom is 0 e. The number of fused-ring (bicyclic) bond motifs is 1. The van der Waals surface area contributed by atoms with Gasteiger partial charge in [-0.05, 0) is 46.3 Å². The molecule has 2 aliphatic heterocycles. The van der Waals surface area contributed by atoms with E-state index in [1.54, 1.807) is 0 Å². The zero-order valence-corrected chi connectivity index (χ0v) is 26.9. The monoisotopic (exact) mass is 766 g/mol. The summed E-state index contributed by atoms with van der Waals surface area (Å²) in [6.45, 7) is 22.5. The van der Waals surface area contributed by atoms with Gasteiger partial charge in [-0.15, -0.1) is 0 Å². The van der Waals surface area contributed by atoms with Crippen LogP contribution in [0.5, 0.6) is 0 Å². The molecule has 0 aliphatic carbocycles. The van der Waals surface area contributed by atoms with Crippen LogP contribution in [-0.2, 0) is 44.3 Å². The molecular weight excluding hydrogens is 743 g/mol. The van der Waals surface area contributed by atoms with Gasteiger partial charge in [0.05, 0.1) is 11.1 Å². The Hall–Kier alpha value is -4.35. The van der Waals surface area contributed by atoms with Crippen molar-refractivity contribution < 1.29 is 44.3 Å². The molecule has 0 saturated carbocycles. The smallest absolute Gasteiger partial charge is 0 e. The second kappa shape index (κ2) is 23.1. The summed E-state index contributed by atoms with van der Waals surface area (Å²) in [4.78, 5) is 0. The Morgan fingerprint density at radius 2 is 0.909 bits per heavy atom. The molecule has 0 amide bonds. The average molecular weight is 766 g/mol. The van der Waals surface area contributed by atoms with Crippen LogP contribution in [0.2, 0.25) is 0 Å². The van der Waals surface area contributed by atoms with Crippen LogP contribution < -0.4 is 5.01 Å². The van der Waals surface area contributed by atoms with E-state index in [0.29, 0.717) is 0 Å². The number of benzene rings is 4. The Bertz CT molecular complexity index is 1560. The maximum absolute atomic E-state index is 7.50. The molecule has 0 N–H and O–H groups in total. The third-order valence-electron chi connectivity index (χ3n) is 6.08. The van der Waals surface area contributed by atoms with E-state index in [-0.39, 0.29) is 26.8 Å². The van der Waals surface area contributed by atoms with Crippen molar-refractivity contribution in [3.8, 4) is 0 Å². The Morgan fingerprint density at radius 1 is 0.523 bits per heavy atom. The van der Waals surface area contributed by atoms with Gasteiger partial charge in [-0.1, -0.05) is 109 Å². The minimum atomic E-state index is -0.703. The van der Waals surface area contributed by atoms with E-state index in [4.69, 9.17) is 28.4 Å². The van der Waals surface area contributed by atoms with E-state index in [1.165, 1.54) is 33.3 Å². The third kappa shape index (κ3) is 9.85. The average Bonchev–Trinajstić information content (AvgIpc) is 3.53.